The van der Waals surface area contributed by atoms with E-state index in [1.807, 2.05) is 60.2 Å². The van der Waals surface area contributed by atoms with Gasteiger partial charge in [-0.1, -0.05) is 36.4 Å². The molecule has 7 heteroatoms. The maximum Gasteiger partial charge on any atom is 0.315 e. The maximum absolute atomic E-state index is 12.1. The van der Waals surface area contributed by atoms with Crippen LogP contribution in [0.3, 0.4) is 0 Å². The van der Waals surface area contributed by atoms with Crippen molar-refractivity contribution in [3.8, 4) is 5.82 Å². The fourth-order valence-corrected chi connectivity index (χ4v) is 2.72. The number of amides is 2. The van der Waals surface area contributed by atoms with E-state index in [1.54, 1.807) is 19.5 Å². The second-order valence-electron chi connectivity index (χ2n) is 6.07. The summed E-state index contributed by atoms with van der Waals surface area (Å²) < 4.78 is 7.35. The van der Waals surface area contributed by atoms with Crippen molar-refractivity contribution in [2.75, 3.05) is 13.7 Å². The van der Waals surface area contributed by atoms with Crippen molar-refractivity contribution in [2.24, 2.45) is 0 Å². The summed E-state index contributed by atoms with van der Waals surface area (Å²) in [5.74, 6) is 1.67. The summed E-state index contributed by atoms with van der Waals surface area (Å²) in [6.45, 7) is 2.71. The first kappa shape index (κ1) is 18.6. The number of carbonyl (C=O) groups is 1. The van der Waals surface area contributed by atoms with E-state index >= 15 is 0 Å². The van der Waals surface area contributed by atoms with E-state index in [0.29, 0.717) is 13.1 Å². The third-order valence-electron chi connectivity index (χ3n) is 4.24. The van der Waals surface area contributed by atoms with Gasteiger partial charge in [0.05, 0.1) is 6.10 Å². The largest absolute Gasteiger partial charge is 0.375 e. The number of rotatable bonds is 7. The van der Waals surface area contributed by atoms with Gasteiger partial charge in [-0.3, -0.25) is 4.57 Å². The molecule has 2 N–H and O–H groups in total. The van der Waals surface area contributed by atoms with Crippen molar-refractivity contribution in [1.82, 2.24) is 25.2 Å². The standard InChI is InChI=1S/C20H23N5O2/c1-15-21-10-11-25(15)19-9-8-16(12-22-19)13-23-20(26)24-14-18(27-2)17-6-4-3-5-7-17/h3-12,18H,13-14H2,1-2H3,(H2,23,24,26)/t18-/m1/s1. The van der Waals surface area contributed by atoms with Crippen LogP contribution >= 0.6 is 0 Å². The number of nitrogens with zero attached hydrogens (tertiary/aromatic N) is 3. The van der Waals surface area contributed by atoms with E-state index in [0.717, 1.165) is 22.8 Å². The van der Waals surface area contributed by atoms with Crippen molar-refractivity contribution < 1.29 is 9.53 Å². The zero-order chi connectivity index (χ0) is 19.1. The smallest absolute Gasteiger partial charge is 0.315 e. The number of urea groups is 1. The summed E-state index contributed by atoms with van der Waals surface area (Å²) in [5, 5.41) is 5.67. The van der Waals surface area contributed by atoms with Gasteiger partial charge in [0.25, 0.3) is 0 Å². The summed E-state index contributed by atoms with van der Waals surface area (Å²) in [7, 11) is 1.63. The molecule has 0 aliphatic rings. The Morgan fingerprint density at radius 2 is 1.96 bits per heavy atom. The zero-order valence-corrected chi connectivity index (χ0v) is 15.4. The molecular formula is C20H23N5O2. The van der Waals surface area contributed by atoms with Gasteiger partial charge in [0.1, 0.15) is 11.6 Å². The second-order valence-corrected chi connectivity index (χ2v) is 6.07. The molecule has 2 amide bonds. The first-order chi connectivity index (χ1) is 13.2. The summed E-state index contributed by atoms with van der Waals surface area (Å²) in [6.07, 6.45) is 5.16. The van der Waals surface area contributed by atoms with Crippen LogP contribution in [-0.4, -0.2) is 34.2 Å². The fraction of sp³-hybridized carbons (Fsp3) is 0.250. The van der Waals surface area contributed by atoms with Gasteiger partial charge in [-0.15, -0.1) is 0 Å². The van der Waals surface area contributed by atoms with Crippen LogP contribution in [0.4, 0.5) is 4.79 Å². The molecule has 140 valence electrons. The van der Waals surface area contributed by atoms with Gasteiger partial charge < -0.3 is 15.4 Å². The van der Waals surface area contributed by atoms with Gasteiger partial charge in [-0.2, -0.15) is 0 Å². The summed E-state index contributed by atoms with van der Waals surface area (Å²) in [4.78, 5) is 20.7. The number of aromatic nitrogens is 3. The Kier molecular flexibility index (Phi) is 6.17. The van der Waals surface area contributed by atoms with Crippen LogP contribution in [0, 0.1) is 6.92 Å². The normalized spacial score (nSPS) is 11.8. The fourth-order valence-electron chi connectivity index (χ4n) is 2.72. The van der Waals surface area contributed by atoms with Crippen molar-refractivity contribution in [1.29, 1.82) is 0 Å². The highest BCUT2D eigenvalue weighted by molar-refractivity contribution is 5.73. The number of methoxy groups -OCH3 is 1. The van der Waals surface area contributed by atoms with Crippen molar-refractivity contribution >= 4 is 6.03 Å². The molecule has 0 saturated carbocycles. The van der Waals surface area contributed by atoms with Gasteiger partial charge in [-0.25, -0.2) is 14.8 Å². The van der Waals surface area contributed by atoms with Gasteiger partial charge >= 0.3 is 6.03 Å². The highest BCUT2D eigenvalue weighted by Gasteiger charge is 2.11. The van der Waals surface area contributed by atoms with Crippen molar-refractivity contribution in [2.45, 2.75) is 19.6 Å². The monoisotopic (exact) mass is 365 g/mol. The van der Waals surface area contributed by atoms with E-state index in [-0.39, 0.29) is 12.1 Å². The molecule has 0 saturated heterocycles. The number of hydrogen-bond donors (Lipinski definition) is 2. The molecule has 2 heterocycles. The predicted octanol–water partition coefficient (Wildman–Crippen LogP) is 2.76. The minimum Gasteiger partial charge on any atom is -0.375 e. The Labute approximate surface area is 158 Å². The quantitative estimate of drug-likeness (QED) is 0.675. The third kappa shape index (κ3) is 4.92. The molecule has 0 bridgehead atoms. The molecule has 3 aromatic rings. The van der Waals surface area contributed by atoms with Crippen LogP contribution in [0.2, 0.25) is 0 Å². The Bertz CT molecular complexity index is 862. The van der Waals surface area contributed by atoms with E-state index in [9.17, 15) is 4.79 Å². The molecule has 0 aliphatic carbocycles. The van der Waals surface area contributed by atoms with Crippen molar-refractivity contribution in [3.63, 3.8) is 0 Å². The number of imidazole rings is 1. The molecule has 7 nitrogen and oxygen atoms in total. The van der Waals surface area contributed by atoms with Crippen molar-refractivity contribution in [3.05, 3.63) is 78.0 Å². The predicted molar refractivity (Wildman–Crippen MR) is 103 cm³/mol. The van der Waals surface area contributed by atoms with E-state index in [1.165, 1.54) is 0 Å². The lowest BCUT2D eigenvalue weighted by atomic mass is 10.1. The molecule has 2 aromatic heterocycles. The van der Waals surface area contributed by atoms with Gasteiger partial charge in [0.2, 0.25) is 0 Å². The molecule has 3 rings (SSSR count). The molecule has 0 aliphatic heterocycles. The van der Waals surface area contributed by atoms with Crippen LogP contribution in [-0.2, 0) is 11.3 Å². The molecule has 0 unspecified atom stereocenters. The van der Waals surface area contributed by atoms with Crippen LogP contribution in [0.15, 0.2) is 61.1 Å². The first-order valence-corrected chi connectivity index (χ1v) is 8.72. The molecule has 0 spiro atoms. The number of nitrogens with one attached hydrogen (secondary N) is 2. The lowest BCUT2D eigenvalue weighted by Crippen LogP contribution is -2.37. The molecule has 0 radical (unpaired) electrons. The average Bonchev–Trinajstić information content (AvgIpc) is 3.14. The highest BCUT2D eigenvalue weighted by Crippen LogP contribution is 2.14. The number of carbonyl (C=O) groups excluding carboxylic acids is 1. The summed E-state index contributed by atoms with van der Waals surface area (Å²) in [5.41, 5.74) is 1.94. The Morgan fingerprint density at radius 3 is 2.59 bits per heavy atom. The Hall–Kier alpha value is -3.19. The first-order valence-electron chi connectivity index (χ1n) is 8.72. The highest BCUT2D eigenvalue weighted by atomic mass is 16.5. The third-order valence-corrected chi connectivity index (χ3v) is 4.24. The minimum atomic E-state index is -0.248. The van der Waals surface area contributed by atoms with Crippen LogP contribution in [0.1, 0.15) is 23.1 Å². The lowest BCUT2D eigenvalue weighted by molar-refractivity contribution is 0.104. The topological polar surface area (TPSA) is 81.1 Å². The minimum absolute atomic E-state index is 0.184. The van der Waals surface area contributed by atoms with Crippen LogP contribution in [0.5, 0.6) is 0 Å². The summed E-state index contributed by atoms with van der Waals surface area (Å²) in [6, 6.07) is 13.4. The molecule has 0 fully saturated rings. The average molecular weight is 365 g/mol. The number of aryl methyl sites for hydroxylation is 1. The van der Waals surface area contributed by atoms with Crippen LogP contribution in [0.25, 0.3) is 5.82 Å². The lowest BCUT2D eigenvalue weighted by Gasteiger charge is -2.16. The Morgan fingerprint density at radius 1 is 1.15 bits per heavy atom. The number of ether oxygens (including phenoxy) is 1. The number of hydrogen-bond acceptors (Lipinski definition) is 4. The van der Waals surface area contributed by atoms with Gasteiger partial charge in [-0.05, 0) is 24.1 Å². The van der Waals surface area contributed by atoms with Gasteiger partial charge in [0, 0.05) is 38.8 Å². The summed E-state index contributed by atoms with van der Waals surface area (Å²) >= 11 is 0. The molecule has 27 heavy (non-hydrogen) atoms. The molecule has 1 atom stereocenters. The number of benzene rings is 1. The zero-order valence-electron chi connectivity index (χ0n) is 15.4. The van der Waals surface area contributed by atoms with Gasteiger partial charge in [0.15, 0.2) is 0 Å². The van der Waals surface area contributed by atoms with Crippen LogP contribution < -0.4 is 10.6 Å². The van der Waals surface area contributed by atoms with E-state index in [4.69, 9.17) is 4.74 Å². The van der Waals surface area contributed by atoms with E-state index < -0.39 is 0 Å². The molecular weight excluding hydrogens is 342 g/mol. The SMILES string of the molecule is CO[C@H](CNC(=O)NCc1ccc(-n2ccnc2C)nc1)c1ccccc1. The number of pyridine rings is 1. The van der Waals surface area contributed by atoms with E-state index in [2.05, 4.69) is 20.6 Å². The maximum atomic E-state index is 12.1. The Balaban J connectivity index is 1.48. The second kappa shape index (κ2) is 8.95. The molecule has 1 aromatic carbocycles.